The van der Waals surface area contributed by atoms with Gasteiger partial charge in [0, 0.05) is 0 Å². The van der Waals surface area contributed by atoms with Gasteiger partial charge in [-0.3, -0.25) is 0 Å². The van der Waals surface area contributed by atoms with Crippen LogP contribution in [0.15, 0.2) is 22.7 Å². The number of aliphatic hydroxyl groups excluding tert-OH is 1. The number of nitrogens with two attached hydrogens (primary N) is 1. The fourth-order valence-electron chi connectivity index (χ4n) is 0.998. The standard InChI is InChI=1S/C9H11BrFNO/c1-5(13)9(12)6-2-3-8(11)7(10)4-6/h2-5,9,13H,12H2,1H3/t5-,9+/m1/s1. The molecular formula is C9H11BrFNO. The molecule has 0 fully saturated rings. The SMILES string of the molecule is C[C@@H](O)[C@H](N)c1ccc(F)c(Br)c1. The van der Waals surface area contributed by atoms with Gasteiger partial charge in [0.1, 0.15) is 5.82 Å². The van der Waals surface area contributed by atoms with Gasteiger partial charge < -0.3 is 10.8 Å². The van der Waals surface area contributed by atoms with Crippen LogP contribution in [-0.4, -0.2) is 11.2 Å². The second kappa shape index (κ2) is 4.17. The highest BCUT2D eigenvalue weighted by Gasteiger charge is 2.12. The molecule has 1 aromatic carbocycles. The third kappa shape index (κ3) is 2.49. The van der Waals surface area contributed by atoms with Crippen LogP contribution in [0.2, 0.25) is 0 Å². The minimum atomic E-state index is -0.641. The first-order chi connectivity index (χ1) is 6.02. The van der Waals surface area contributed by atoms with E-state index >= 15 is 0 Å². The van der Waals surface area contributed by atoms with E-state index in [1.807, 2.05) is 0 Å². The molecule has 0 aliphatic rings. The molecule has 0 amide bonds. The quantitative estimate of drug-likeness (QED) is 0.840. The summed E-state index contributed by atoms with van der Waals surface area (Å²) in [5.41, 5.74) is 6.37. The van der Waals surface area contributed by atoms with Crippen LogP contribution in [0.1, 0.15) is 18.5 Å². The van der Waals surface area contributed by atoms with Crippen molar-refractivity contribution < 1.29 is 9.50 Å². The summed E-state index contributed by atoms with van der Waals surface area (Å²) in [6, 6.07) is 3.99. The van der Waals surface area contributed by atoms with Gasteiger partial charge in [-0.2, -0.15) is 0 Å². The van der Waals surface area contributed by atoms with Crippen molar-refractivity contribution in [1.82, 2.24) is 0 Å². The molecule has 4 heteroatoms. The van der Waals surface area contributed by atoms with Crippen molar-refractivity contribution in [3.63, 3.8) is 0 Å². The van der Waals surface area contributed by atoms with Crippen molar-refractivity contribution >= 4 is 15.9 Å². The normalized spacial score (nSPS) is 15.5. The smallest absolute Gasteiger partial charge is 0.137 e. The van der Waals surface area contributed by atoms with E-state index < -0.39 is 12.1 Å². The Morgan fingerprint density at radius 3 is 2.62 bits per heavy atom. The first kappa shape index (κ1) is 10.6. The lowest BCUT2D eigenvalue weighted by molar-refractivity contribution is 0.164. The number of aliphatic hydroxyl groups is 1. The molecule has 1 aromatic rings. The molecule has 1 rings (SSSR count). The topological polar surface area (TPSA) is 46.2 Å². The highest BCUT2D eigenvalue weighted by Crippen LogP contribution is 2.21. The predicted molar refractivity (Wildman–Crippen MR) is 52.7 cm³/mol. The van der Waals surface area contributed by atoms with Crippen LogP contribution in [0, 0.1) is 5.82 Å². The van der Waals surface area contributed by atoms with Gasteiger partial charge in [-0.05, 0) is 40.5 Å². The van der Waals surface area contributed by atoms with E-state index in [1.54, 1.807) is 19.1 Å². The third-order valence-corrected chi connectivity index (χ3v) is 2.46. The van der Waals surface area contributed by atoms with Crippen LogP contribution in [0.3, 0.4) is 0 Å². The maximum Gasteiger partial charge on any atom is 0.137 e. The average Bonchev–Trinajstić information content (AvgIpc) is 2.08. The second-order valence-corrected chi connectivity index (χ2v) is 3.79. The Morgan fingerprint density at radius 2 is 2.15 bits per heavy atom. The molecule has 3 N–H and O–H groups in total. The Balaban J connectivity index is 2.97. The molecule has 2 nitrogen and oxygen atoms in total. The van der Waals surface area contributed by atoms with E-state index in [9.17, 15) is 9.50 Å². The van der Waals surface area contributed by atoms with Crippen LogP contribution in [0.5, 0.6) is 0 Å². The van der Waals surface area contributed by atoms with Crippen LogP contribution in [0.4, 0.5) is 4.39 Å². The zero-order chi connectivity index (χ0) is 10.0. The fraction of sp³-hybridized carbons (Fsp3) is 0.333. The zero-order valence-corrected chi connectivity index (χ0v) is 8.75. The van der Waals surface area contributed by atoms with E-state index in [0.717, 1.165) is 0 Å². The lowest BCUT2D eigenvalue weighted by Gasteiger charge is -2.15. The first-order valence-electron chi connectivity index (χ1n) is 3.91. The predicted octanol–water partition coefficient (Wildman–Crippen LogP) is 1.97. The number of hydrogen-bond acceptors (Lipinski definition) is 2. The second-order valence-electron chi connectivity index (χ2n) is 2.94. The summed E-state index contributed by atoms with van der Waals surface area (Å²) in [4.78, 5) is 0. The minimum Gasteiger partial charge on any atom is -0.391 e. The number of halogens is 2. The van der Waals surface area contributed by atoms with Crippen molar-refractivity contribution in [2.75, 3.05) is 0 Å². The summed E-state index contributed by atoms with van der Waals surface area (Å²) in [5.74, 6) is -0.332. The van der Waals surface area contributed by atoms with Gasteiger partial charge in [0.2, 0.25) is 0 Å². The summed E-state index contributed by atoms with van der Waals surface area (Å²) < 4.78 is 13.2. The summed E-state index contributed by atoms with van der Waals surface area (Å²) in [6.45, 7) is 1.60. The van der Waals surface area contributed by atoms with Crippen molar-refractivity contribution in [2.45, 2.75) is 19.1 Å². The van der Waals surface area contributed by atoms with Gasteiger partial charge in [0.05, 0.1) is 16.6 Å². The van der Waals surface area contributed by atoms with Crippen molar-refractivity contribution in [3.05, 3.63) is 34.1 Å². The molecule has 0 heterocycles. The zero-order valence-electron chi connectivity index (χ0n) is 7.17. The Morgan fingerprint density at radius 1 is 1.54 bits per heavy atom. The van der Waals surface area contributed by atoms with E-state index in [4.69, 9.17) is 5.73 Å². The highest BCUT2D eigenvalue weighted by molar-refractivity contribution is 9.10. The van der Waals surface area contributed by atoms with Gasteiger partial charge in [-0.15, -0.1) is 0 Å². The van der Waals surface area contributed by atoms with Crippen molar-refractivity contribution in [2.24, 2.45) is 5.73 Å². The van der Waals surface area contributed by atoms with Crippen LogP contribution in [-0.2, 0) is 0 Å². The molecule has 0 unspecified atom stereocenters. The summed E-state index contributed by atoms with van der Waals surface area (Å²) in [7, 11) is 0. The maximum atomic E-state index is 12.8. The lowest BCUT2D eigenvalue weighted by Crippen LogP contribution is -2.23. The summed E-state index contributed by atoms with van der Waals surface area (Å²) in [6.07, 6.45) is -0.641. The molecule has 72 valence electrons. The highest BCUT2D eigenvalue weighted by atomic mass is 79.9. The molecule has 0 saturated heterocycles. The average molecular weight is 248 g/mol. The molecular weight excluding hydrogens is 237 g/mol. The largest absolute Gasteiger partial charge is 0.391 e. The monoisotopic (exact) mass is 247 g/mol. The molecule has 2 atom stereocenters. The Kier molecular flexibility index (Phi) is 3.41. The van der Waals surface area contributed by atoms with E-state index in [0.29, 0.717) is 10.0 Å². The van der Waals surface area contributed by atoms with E-state index in [-0.39, 0.29) is 5.82 Å². The van der Waals surface area contributed by atoms with Gasteiger partial charge in [0.25, 0.3) is 0 Å². The van der Waals surface area contributed by atoms with Crippen molar-refractivity contribution in [3.8, 4) is 0 Å². The lowest BCUT2D eigenvalue weighted by atomic mass is 10.0. The van der Waals surface area contributed by atoms with Crippen LogP contribution in [0.25, 0.3) is 0 Å². The molecule has 0 spiro atoms. The third-order valence-electron chi connectivity index (χ3n) is 1.85. The maximum absolute atomic E-state index is 12.8. The van der Waals surface area contributed by atoms with Gasteiger partial charge >= 0.3 is 0 Å². The van der Waals surface area contributed by atoms with Crippen LogP contribution < -0.4 is 5.73 Å². The number of benzene rings is 1. The van der Waals surface area contributed by atoms with E-state index in [1.165, 1.54) is 6.07 Å². The number of hydrogen-bond donors (Lipinski definition) is 2. The molecule has 0 saturated carbocycles. The Hall–Kier alpha value is -0.450. The minimum absolute atomic E-state index is 0.332. The summed E-state index contributed by atoms with van der Waals surface area (Å²) in [5, 5.41) is 9.20. The molecule has 13 heavy (non-hydrogen) atoms. The van der Waals surface area contributed by atoms with Gasteiger partial charge in [0.15, 0.2) is 0 Å². The first-order valence-corrected chi connectivity index (χ1v) is 4.70. The number of rotatable bonds is 2. The van der Waals surface area contributed by atoms with Crippen LogP contribution >= 0.6 is 15.9 Å². The van der Waals surface area contributed by atoms with Crippen molar-refractivity contribution in [1.29, 1.82) is 0 Å². The van der Waals surface area contributed by atoms with Gasteiger partial charge in [-0.25, -0.2) is 4.39 Å². The molecule has 0 aliphatic carbocycles. The Bertz CT molecular complexity index is 304. The fourth-order valence-corrected chi connectivity index (χ4v) is 1.39. The summed E-state index contributed by atoms with van der Waals surface area (Å²) >= 11 is 3.05. The molecule has 0 radical (unpaired) electrons. The van der Waals surface area contributed by atoms with Gasteiger partial charge in [-0.1, -0.05) is 6.07 Å². The molecule has 0 aliphatic heterocycles. The Labute approximate surface area is 84.7 Å². The molecule has 0 aromatic heterocycles. The molecule has 0 bridgehead atoms. The van der Waals surface area contributed by atoms with E-state index in [2.05, 4.69) is 15.9 Å².